The third-order valence-corrected chi connectivity index (χ3v) is 5.42. The standard InChI is InChI=1S/C22H26FN5O4/c1-30-14-17-4-6-19(32-17)22(29)24-12-21-26-25-20-7-8-27(9-10-28(20)21)13-15-11-16(31-2)3-5-18(15)23/h3-6,11H,7-10,12-14H2,1-2H3,(H,24,29). The molecule has 10 heteroatoms. The van der Waals surface area contributed by atoms with Gasteiger partial charge in [0.2, 0.25) is 0 Å². The van der Waals surface area contributed by atoms with Gasteiger partial charge in [-0.2, -0.15) is 0 Å². The molecule has 170 valence electrons. The fourth-order valence-electron chi connectivity index (χ4n) is 3.72. The summed E-state index contributed by atoms with van der Waals surface area (Å²) < 4.78 is 31.9. The maximum absolute atomic E-state index is 14.2. The van der Waals surface area contributed by atoms with Crippen LogP contribution in [0.25, 0.3) is 0 Å². The van der Waals surface area contributed by atoms with Crippen molar-refractivity contribution < 1.29 is 23.1 Å². The van der Waals surface area contributed by atoms with Gasteiger partial charge in [-0.1, -0.05) is 0 Å². The second kappa shape index (κ2) is 9.92. The Kier molecular flexibility index (Phi) is 6.81. The topological polar surface area (TPSA) is 94.6 Å². The van der Waals surface area contributed by atoms with E-state index in [1.807, 2.05) is 4.57 Å². The molecule has 3 heterocycles. The number of carbonyl (C=O) groups excluding carboxylic acids is 1. The zero-order valence-electron chi connectivity index (χ0n) is 18.1. The fraction of sp³-hybridized carbons (Fsp3) is 0.409. The molecule has 0 bridgehead atoms. The Balaban J connectivity index is 1.36. The van der Waals surface area contributed by atoms with Gasteiger partial charge in [0.25, 0.3) is 5.91 Å². The highest BCUT2D eigenvalue weighted by atomic mass is 19.1. The van der Waals surface area contributed by atoms with Gasteiger partial charge < -0.3 is 23.8 Å². The molecule has 0 saturated heterocycles. The van der Waals surface area contributed by atoms with Crippen LogP contribution in [0.1, 0.15) is 33.5 Å². The number of carbonyl (C=O) groups is 1. The van der Waals surface area contributed by atoms with Crippen molar-refractivity contribution in [1.29, 1.82) is 0 Å². The Morgan fingerprint density at radius 3 is 2.88 bits per heavy atom. The van der Waals surface area contributed by atoms with Crippen molar-refractivity contribution in [1.82, 2.24) is 25.0 Å². The minimum absolute atomic E-state index is 0.221. The predicted octanol–water partition coefficient (Wildman–Crippen LogP) is 2.15. The van der Waals surface area contributed by atoms with Crippen molar-refractivity contribution >= 4 is 5.91 Å². The van der Waals surface area contributed by atoms with Crippen LogP contribution >= 0.6 is 0 Å². The molecule has 0 unspecified atom stereocenters. The highest BCUT2D eigenvalue weighted by Gasteiger charge is 2.20. The number of hydrogen-bond acceptors (Lipinski definition) is 7. The third-order valence-electron chi connectivity index (χ3n) is 5.42. The number of amides is 1. The first-order chi connectivity index (χ1) is 15.6. The zero-order chi connectivity index (χ0) is 22.5. The Hall–Kier alpha value is -3.24. The largest absolute Gasteiger partial charge is 0.497 e. The number of nitrogens with one attached hydrogen (secondary N) is 1. The van der Waals surface area contributed by atoms with Gasteiger partial charge in [0, 0.05) is 45.3 Å². The molecule has 2 aromatic heterocycles. The van der Waals surface area contributed by atoms with E-state index in [9.17, 15) is 9.18 Å². The summed E-state index contributed by atoms with van der Waals surface area (Å²) in [5.41, 5.74) is 0.598. The molecule has 0 fully saturated rings. The second-order valence-electron chi connectivity index (χ2n) is 7.55. The molecule has 32 heavy (non-hydrogen) atoms. The molecule has 0 radical (unpaired) electrons. The van der Waals surface area contributed by atoms with Gasteiger partial charge >= 0.3 is 0 Å². The second-order valence-corrected chi connectivity index (χ2v) is 7.55. The summed E-state index contributed by atoms with van der Waals surface area (Å²) >= 11 is 0. The average Bonchev–Trinajstić information content (AvgIpc) is 3.37. The van der Waals surface area contributed by atoms with Crippen molar-refractivity contribution in [3.8, 4) is 5.75 Å². The molecule has 4 rings (SSSR count). The van der Waals surface area contributed by atoms with Crippen LogP contribution in [0.2, 0.25) is 0 Å². The van der Waals surface area contributed by atoms with Crippen molar-refractivity contribution in [2.75, 3.05) is 27.3 Å². The first-order valence-electron chi connectivity index (χ1n) is 10.4. The molecule has 0 spiro atoms. The van der Waals surface area contributed by atoms with Crippen molar-refractivity contribution in [3.05, 3.63) is 64.9 Å². The normalized spacial score (nSPS) is 14.1. The Morgan fingerprint density at radius 2 is 2.06 bits per heavy atom. The number of benzene rings is 1. The number of methoxy groups -OCH3 is 2. The van der Waals surface area contributed by atoms with Crippen LogP contribution in [-0.2, 0) is 37.4 Å². The van der Waals surface area contributed by atoms with Crippen LogP contribution in [-0.4, -0.2) is 52.9 Å². The molecule has 9 nitrogen and oxygen atoms in total. The van der Waals surface area contributed by atoms with Crippen LogP contribution in [0.15, 0.2) is 34.7 Å². The number of aromatic nitrogens is 3. The monoisotopic (exact) mass is 443 g/mol. The number of ether oxygens (including phenoxy) is 2. The molecule has 0 saturated carbocycles. The SMILES string of the molecule is COCc1ccc(C(=O)NCc2nnc3n2CCN(Cc2cc(OC)ccc2F)CC3)o1. The highest BCUT2D eigenvalue weighted by molar-refractivity contribution is 5.91. The maximum Gasteiger partial charge on any atom is 0.287 e. The maximum atomic E-state index is 14.2. The van der Waals surface area contributed by atoms with E-state index in [1.54, 1.807) is 38.5 Å². The summed E-state index contributed by atoms with van der Waals surface area (Å²) in [6.07, 6.45) is 0.686. The number of fused-ring (bicyclic) bond motifs is 1. The third kappa shape index (κ3) is 4.97. The summed E-state index contributed by atoms with van der Waals surface area (Å²) in [7, 11) is 3.13. The summed E-state index contributed by atoms with van der Waals surface area (Å²) in [5, 5.41) is 11.3. The van der Waals surface area contributed by atoms with Gasteiger partial charge in [0.05, 0.1) is 13.7 Å². The quantitative estimate of drug-likeness (QED) is 0.570. The minimum Gasteiger partial charge on any atom is -0.497 e. The summed E-state index contributed by atoms with van der Waals surface area (Å²) in [5.74, 6) is 2.39. The fourth-order valence-corrected chi connectivity index (χ4v) is 3.72. The number of nitrogens with zero attached hydrogens (tertiary/aromatic N) is 4. The molecule has 1 N–H and O–H groups in total. The van der Waals surface area contributed by atoms with Crippen LogP contribution in [0.5, 0.6) is 5.75 Å². The lowest BCUT2D eigenvalue weighted by Crippen LogP contribution is -2.28. The number of rotatable bonds is 8. The van der Waals surface area contributed by atoms with Crippen LogP contribution < -0.4 is 10.1 Å². The molecule has 1 aromatic carbocycles. The molecule has 0 aliphatic carbocycles. The van der Waals surface area contributed by atoms with E-state index in [4.69, 9.17) is 13.9 Å². The molecular formula is C22H26FN5O4. The van der Waals surface area contributed by atoms with Gasteiger partial charge in [0.15, 0.2) is 11.6 Å². The lowest BCUT2D eigenvalue weighted by molar-refractivity contribution is 0.0913. The zero-order valence-corrected chi connectivity index (χ0v) is 18.1. The Bertz CT molecular complexity index is 1080. The first kappa shape index (κ1) is 22.0. The van der Waals surface area contributed by atoms with Gasteiger partial charge in [0.1, 0.15) is 29.8 Å². The molecule has 1 amide bonds. The van der Waals surface area contributed by atoms with Crippen LogP contribution in [0.4, 0.5) is 4.39 Å². The molecule has 3 aromatic rings. The average molecular weight is 443 g/mol. The predicted molar refractivity (Wildman–Crippen MR) is 113 cm³/mol. The van der Waals surface area contributed by atoms with Crippen LogP contribution in [0.3, 0.4) is 0 Å². The van der Waals surface area contributed by atoms with E-state index >= 15 is 0 Å². The molecule has 1 aliphatic heterocycles. The van der Waals surface area contributed by atoms with E-state index in [0.29, 0.717) is 55.6 Å². The lowest BCUT2D eigenvalue weighted by atomic mass is 10.2. The molecule has 0 atom stereocenters. The van der Waals surface area contributed by atoms with Gasteiger partial charge in [-0.15, -0.1) is 10.2 Å². The first-order valence-corrected chi connectivity index (χ1v) is 10.4. The van der Waals surface area contributed by atoms with E-state index in [1.165, 1.54) is 6.07 Å². The lowest BCUT2D eigenvalue weighted by Gasteiger charge is -2.20. The summed E-state index contributed by atoms with van der Waals surface area (Å²) in [4.78, 5) is 14.6. The van der Waals surface area contributed by atoms with E-state index < -0.39 is 0 Å². The number of halogens is 1. The van der Waals surface area contributed by atoms with Crippen molar-refractivity contribution in [2.24, 2.45) is 0 Å². The minimum atomic E-state index is -0.326. The summed E-state index contributed by atoms with van der Waals surface area (Å²) in [6.45, 7) is 3.11. The Labute approximate surface area is 185 Å². The van der Waals surface area contributed by atoms with Crippen LogP contribution in [0, 0.1) is 5.82 Å². The molecule has 1 aliphatic rings. The molecular weight excluding hydrogens is 417 g/mol. The smallest absolute Gasteiger partial charge is 0.287 e. The van der Waals surface area contributed by atoms with Gasteiger partial charge in [-0.25, -0.2) is 4.39 Å². The van der Waals surface area contributed by atoms with E-state index in [-0.39, 0.29) is 24.0 Å². The highest BCUT2D eigenvalue weighted by Crippen LogP contribution is 2.19. The van der Waals surface area contributed by atoms with E-state index in [2.05, 4.69) is 20.4 Å². The van der Waals surface area contributed by atoms with E-state index in [0.717, 1.165) is 12.4 Å². The van der Waals surface area contributed by atoms with Crippen molar-refractivity contribution in [2.45, 2.75) is 32.7 Å². The number of furan rings is 1. The summed E-state index contributed by atoms with van der Waals surface area (Å²) in [6, 6.07) is 8.10. The van der Waals surface area contributed by atoms with Gasteiger partial charge in [-0.3, -0.25) is 9.69 Å². The van der Waals surface area contributed by atoms with Gasteiger partial charge in [-0.05, 0) is 30.3 Å². The number of hydrogen-bond donors (Lipinski definition) is 1. The van der Waals surface area contributed by atoms with Crippen molar-refractivity contribution in [3.63, 3.8) is 0 Å². The Morgan fingerprint density at radius 1 is 1.19 bits per heavy atom.